The van der Waals surface area contributed by atoms with Crippen LogP contribution in [0.25, 0.3) is 0 Å². The van der Waals surface area contributed by atoms with Crippen molar-refractivity contribution >= 4 is 11.6 Å². The highest BCUT2D eigenvalue weighted by atomic mass is 35.5. The molecule has 19 heavy (non-hydrogen) atoms. The minimum atomic E-state index is 0.224. The highest BCUT2D eigenvalue weighted by Crippen LogP contribution is 2.46. The van der Waals surface area contributed by atoms with E-state index in [1.807, 2.05) is 25.1 Å². The second-order valence-electron chi connectivity index (χ2n) is 5.72. The number of hydrogen-bond acceptors (Lipinski definition) is 2. The maximum absolute atomic E-state index is 6.22. The molecule has 0 spiro atoms. The molecule has 1 saturated carbocycles. The summed E-state index contributed by atoms with van der Waals surface area (Å²) >= 11 is 5.98. The summed E-state index contributed by atoms with van der Waals surface area (Å²) < 4.78 is 6.22. The third kappa shape index (κ3) is 2.75. The van der Waals surface area contributed by atoms with Crippen molar-refractivity contribution in [3.63, 3.8) is 0 Å². The highest BCUT2D eigenvalue weighted by Gasteiger charge is 2.51. The molecular formula is C16H24ClNO. The van der Waals surface area contributed by atoms with Gasteiger partial charge in [-0.05, 0) is 43.7 Å². The molecule has 1 N–H and O–H groups in total. The minimum Gasteiger partial charge on any atom is -0.489 e. The first-order chi connectivity index (χ1) is 9.01. The predicted octanol–water partition coefficient (Wildman–Crippen LogP) is 4.19. The lowest BCUT2D eigenvalue weighted by Crippen LogP contribution is -2.63. The molecule has 0 amide bonds. The Hall–Kier alpha value is -0.730. The van der Waals surface area contributed by atoms with Gasteiger partial charge in [-0.1, -0.05) is 32.4 Å². The molecular weight excluding hydrogens is 258 g/mol. The molecule has 3 unspecified atom stereocenters. The van der Waals surface area contributed by atoms with E-state index in [-0.39, 0.29) is 5.41 Å². The van der Waals surface area contributed by atoms with Gasteiger partial charge in [0, 0.05) is 22.9 Å². The average molecular weight is 282 g/mol. The zero-order valence-electron chi connectivity index (χ0n) is 12.3. The monoisotopic (exact) mass is 281 g/mol. The van der Waals surface area contributed by atoms with Crippen LogP contribution in [0, 0.1) is 12.3 Å². The number of ether oxygens (including phenoxy) is 1. The van der Waals surface area contributed by atoms with Crippen molar-refractivity contribution in [3.05, 3.63) is 28.8 Å². The summed E-state index contributed by atoms with van der Waals surface area (Å²) in [6, 6.07) is 6.41. The van der Waals surface area contributed by atoms with Gasteiger partial charge in [0.2, 0.25) is 0 Å². The molecule has 3 heteroatoms. The zero-order valence-corrected chi connectivity index (χ0v) is 13.1. The molecule has 1 aromatic rings. The predicted molar refractivity (Wildman–Crippen MR) is 81.1 cm³/mol. The first-order valence-electron chi connectivity index (χ1n) is 7.17. The Morgan fingerprint density at radius 3 is 2.74 bits per heavy atom. The normalized spacial score (nSPS) is 29.9. The van der Waals surface area contributed by atoms with Crippen LogP contribution < -0.4 is 10.1 Å². The Morgan fingerprint density at radius 2 is 2.16 bits per heavy atom. The first-order valence-corrected chi connectivity index (χ1v) is 7.55. The average Bonchev–Trinajstić information content (AvgIpc) is 2.39. The molecule has 3 atom stereocenters. The van der Waals surface area contributed by atoms with Gasteiger partial charge < -0.3 is 10.1 Å². The smallest absolute Gasteiger partial charge is 0.122 e. The van der Waals surface area contributed by atoms with Crippen LogP contribution in [0.15, 0.2) is 18.2 Å². The van der Waals surface area contributed by atoms with Crippen LogP contribution in [0.3, 0.4) is 0 Å². The Bertz CT molecular complexity index is 448. The van der Waals surface area contributed by atoms with E-state index in [4.69, 9.17) is 16.3 Å². The van der Waals surface area contributed by atoms with Gasteiger partial charge in [-0.15, -0.1) is 0 Å². The molecule has 0 aliphatic heterocycles. The minimum absolute atomic E-state index is 0.224. The van der Waals surface area contributed by atoms with E-state index in [0.29, 0.717) is 12.1 Å². The zero-order chi connectivity index (χ0) is 14.0. The summed E-state index contributed by atoms with van der Waals surface area (Å²) in [4.78, 5) is 0. The molecule has 1 aliphatic carbocycles. The van der Waals surface area contributed by atoms with Gasteiger partial charge in [0.15, 0.2) is 0 Å². The van der Waals surface area contributed by atoms with Crippen LogP contribution in [-0.4, -0.2) is 18.7 Å². The van der Waals surface area contributed by atoms with Crippen molar-refractivity contribution < 1.29 is 4.74 Å². The summed E-state index contributed by atoms with van der Waals surface area (Å²) in [6.07, 6.45) is 2.50. The lowest BCUT2D eigenvalue weighted by molar-refractivity contribution is -0.0699. The second kappa shape index (κ2) is 5.72. The lowest BCUT2D eigenvalue weighted by atomic mass is 9.61. The van der Waals surface area contributed by atoms with Crippen LogP contribution in [0.4, 0.5) is 0 Å². The fraction of sp³-hybridized carbons (Fsp3) is 0.625. The van der Waals surface area contributed by atoms with Gasteiger partial charge in [-0.25, -0.2) is 0 Å². The van der Waals surface area contributed by atoms with Crippen LogP contribution >= 0.6 is 11.6 Å². The van der Waals surface area contributed by atoms with E-state index in [1.54, 1.807) is 0 Å². The number of halogens is 1. The number of nitrogens with one attached hydrogen (secondary N) is 1. The molecule has 0 heterocycles. The molecule has 1 aromatic carbocycles. The van der Waals surface area contributed by atoms with Gasteiger partial charge in [-0.2, -0.15) is 0 Å². The largest absolute Gasteiger partial charge is 0.489 e. The number of rotatable bonds is 5. The molecule has 0 bridgehead atoms. The molecule has 106 valence electrons. The molecule has 0 radical (unpaired) electrons. The number of benzene rings is 1. The molecule has 0 aromatic heterocycles. The van der Waals surface area contributed by atoms with Crippen LogP contribution in [0.5, 0.6) is 5.75 Å². The van der Waals surface area contributed by atoms with Gasteiger partial charge in [0.25, 0.3) is 0 Å². The summed E-state index contributed by atoms with van der Waals surface area (Å²) in [5.41, 5.74) is 1.33. The van der Waals surface area contributed by atoms with Gasteiger partial charge in [-0.3, -0.25) is 0 Å². The van der Waals surface area contributed by atoms with Crippen molar-refractivity contribution in [1.29, 1.82) is 0 Å². The second-order valence-corrected chi connectivity index (χ2v) is 6.16. The summed E-state index contributed by atoms with van der Waals surface area (Å²) in [7, 11) is 0. The van der Waals surface area contributed by atoms with E-state index in [1.165, 1.54) is 0 Å². The van der Waals surface area contributed by atoms with Crippen molar-refractivity contribution in [2.24, 2.45) is 5.41 Å². The molecule has 2 rings (SSSR count). The van der Waals surface area contributed by atoms with Gasteiger partial charge in [0.1, 0.15) is 11.9 Å². The van der Waals surface area contributed by atoms with Crippen molar-refractivity contribution in [2.75, 3.05) is 6.54 Å². The molecule has 1 aliphatic rings. The molecule has 0 saturated heterocycles. The quantitative estimate of drug-likeness (QED) is 0.874. The third-order valence-corrected chi connectivity index (χ3v) is 4.83. The van der Waals surface area contributed by atoms with Gasteiger partial charge >= 0.3 is 0 Å². The number of hydrogen-bond donors (Lipinski definition) is 1. The lowest BCUT2D eigenvalue weighted by Gasteiger charge is -2.53. The Morgan fingerprint density at radius 1 is 1.42 bits per heavy atom. The maximum atomic E-state index is 6.22. The van der Waals surface area contributed by atoms with Gasteiger partial charge in [0.05, 0.1) is 0 Å². The fourth-order valence-corrected chi connectivity index (χ4v) is 3.16. The molecule has 1 fully saturated rings. The topological polar surface area (TPSA) is 21.3 Å². The van der Waals surface area contributed by atoms with E-state index in [9.17, 15) is 0 Å². The Balaban J connectivity index is 2.08. The summed E-state index contributed by atoms with van der Waals surface area (Å²) in [5.74, 6) is 0.962. The van der Waals surface area contributed by atoms with Crippen molar-refractivity contribution in [1.82, 2.24) is 5.32 Å². The van der Waals surface area contributed by atoms with E-state index in [2.05, 4.69) is 26.1 Å². The van der Waals surface area contributed by atoms with E-state index < -0.39 is 0 Å². The maximum Gasteiger partial charge on any atom is 0.122 e. The Labute approximate surface area is 121 Å². The van der Waals surface area contributed by atoms with Crippen molar-refractivity contribution in [2.45, 2.75) is 52.7 Å². The summed E-state index contributed by atoms with van der Waals surface area (Å²) in [6.45, 7) is 9.79. The Kier molecular flexibility index (Phi) is 4.42. The SMILES string of the molecule is CCNC1CC(Oc2ccc(Cl)cc2C)C1(C)CC. The molecule has 2 nitrogen and oxygen atoms in total. The van der Waals surface area contributed by atoms with Crippen LogP contribution in [-0.2, 0) is 0 Å². The number of aryl methyl sites for hydroxylation is 1. The van der Waals surface area contributed by atoms with Crippen LogP contribution in [0.1, 0.15) is 39.2 Å². The highest BCUT2D eigenvalue weighted by molar-refractivity contribution is 6.30. The fourth-order valence-electron chi connectivity index (χ4n) is 2.93. The van der Waals surface area contributed by atoms with E-state index in [0.717, 1.165) is 35.7 Å². The van der Waals surface area contributed by atoms with E-state index >= 15 is 0 Å². The van der Waals surface area contributed by atoms with Crippen LogP contribution in [0.2, 0.25) is 5.02 Å². The standard InChI is InChI=1S/C16H24ClNO/c1-5-16(4)14(18-6-2)10-15(16)19-13-8-7-12(17)9-11(13)3/h7-9,14-15,18H,5-6,10H2,1-4H3. The van der Waals surface area contributed by atoms with Crippen molar-refractivity contribution in [3.8, 4) is 5.75 Å². The summed E-state index contributed by atoms with van der Waals surface area (Å²) in [5, 5.41) is 4.33. The first kappa shape index (κ1) is 14.7. The third-order valence-electron chi connectivity index (χ3n) is 4.60.